The smallest absolute Gasteiger partial charge is 0.283 e. The lowest BCUT2D eigenvalue weighted by atomic mass is 10.4. The quantitative estimate of drug-likeness (QED) is 0.872. The summed E-state index contributed by atoms with van der Waals surface area (Å²) in [5.74, 6) is 1.68. The molecule has 0 spiro atoms. The van der Waals surface area contributed by atoms with E-state index in [0.29, 0.717) is 22.2 Å². The zero-order chi connectivity index (χ0) is 11.7. The summed E-state index contributed by atoms with van der Waals surface area (Å²) in [4.78, 5) is 2.31. The van der Waals surface area contributed by atoms with Gasteiger partial charge < -0.3 is 8.83 Å². The molecule has 0 bridgehead atoms. The molecule has 17 heavy (non-hydrogen) atoms. The van der Waals surface area contributed by atoms with Crippen molar-refractivity contribution in [2.45, 2.75) is 19.4 Å². The molecule has 0 saturated carbocycles. The molecule has 5 nitrogen and oxygen atoms in total. The number of aromatic nitrogens is 2. The highest BCUT2D eigenvalue weighted by Gasteiger charge is 2.17. The Labute approximate surface area is 107 Å². The van der Waals surface area contributed by atoms with Crippen LogP contribution in [0.1, 0.15) is 18.7 Å². The van der Waals surface area contributed by atoms with E-state index in [-0.39, 0.29) is 0 Å². The van der Waals surface area contributed by atoms with E-state index >= 15 is 0 Å². The molecule has 1 saturated heterocycles. The van der Waals surface area contributed by atoms with Gasteiger partial charge in [-0.3, -0.25) is 4.90 Å². The second-order valence-corrected chi connectivity index (χ2v) is 4.87. The third-order valence-corrected chi connectivity index (χ3v) is 3.23. The maximum atomic E-state index is 5.57. The second-order valence-electron chi connectivity index (χ2n) is 4.09. The van der Waals surface area contributed by atoms with Crippen LogP contribution in [0.15, 0.2) is 25.6 Å². The van der Waals surface area contributed by atoms with Gasteiger partial charge in [-0.2, -0.15) is 0 Å². The maximum absolute atomic E-state index is 5.57. The van der Waals surface area contributed by atoms with Crippen LogP contribution in [-0.4, -0.2) is 28.2 Å². The average Bonchev–Trinajstić information content (AvgIpc) is 2.99. The summed E-state index contributed by atoms with van der Waals surface area (Å²) in [6.45, 7) is 2.96. The van der Waals surface area contributed by atoms with E-state index in [1.54, 1.807) is 12.1 Å². The highest BCUT2D eigenvalue weighted by atomic mass is 79.9. The second kappa shape index (κ2) is 4.62. The molecule has 3 heterocycles. The van der Waals surface area contributed by atoms with Gasteiger partial charge in [0.05, 0.1) is 6.54 Å². The molecular weight excluding hydrogens is 286 g/mol. The van der Waals surface area contributed by atoms with Crippen molar-refractivity contribution >= 4 is 15.9 Å². The number of nitrogens with zero attached hydrogens (tertiary/aromatic N) is 3. The zero-order valence-electron chi connectivity index (χ0n) is 9.23. The molecule has 0 aromatic carbocycles. The summed E-state index contributed by atoms with van der Waals surface area (Å²) in [7, 11) is 0. The first-order chi connectivity index (χ1) is 8.31. The largest absolute Gasteiger partial charge is 0.444 e. The number of halogens is 1. The molecule has 90 valence electrons. The lowest BCUT2D eigenvalue weighted by Gasteiger charge is -2.10. The molecular formula is C11H12BrN3O2. The molecule has 1 fully saturated rings. The molecule has 1 aliphatic heterocycles. The Balaban J connectivity index is 1.73. The van der Waals surface area contributed by atoms with Gasteiger partial charge in [0.2, 0.25) is 5.89 Å². The molecule has 0 atom stereocenters. The Morgan fingerprint density at radius 1 is 1.18 bits per heavy atom. The first-order valence-corrected chi connectivity index (χ1v) is 6.41. The van der Waals surface area contributed by atoms with Gasteiger partial charge >= 0.3 is 0 Å². The fourth-order valence-electron chi connectivity index (χ4n) is 1.98. The van der Waals surface area contributed by atoms with Gasteiger partial charge in [-0.25, -0.2) is 0 Å². The molecule has 3 rings (SSSR count). The van der Waals surface area contributed by atoms with E-state index in [4.69, 9.17) is 8.83 Å². The first-order valence-electron chi connectivity index (χ1n) is 5.62. The Hall–Kier alpha value is -1.14. The molecule has 0 radical (unpaired) electrons. The van der Waals surface area contributed by atoms with Crippen molar-refractivity contribution < 1.29 is 8.83 Å². The van der Waals surface area contributed by atoms with Gasteiger partial charge in [0.1, 0.15) is 0 Å². The SMILES string of the molecule is Brc1ccc(-c2nnc(CN3CCCC3)o2)o1. The van der Waals surface area contributed by atoms with Crippen molar-refractivity contribution in [1.82, 2.24) is 15.1 Å². The summed E-state index contributed by atoms with van der Waals surface area (Å²) in [5.41, 5.74) is 0. The molecule has 0 N–H and O–H groups in total. The summed E-state index contributed by atoms with van der Waals surface area (Å²) in [6.07, 6.45) is 2.51. The van der Waals surface area contributed by atoms with Crippen molar-refractivity contribution in [1.29, 1.82) is 0 Å². The van der Waals surface area contributed by atoms with Crippen molar-refractivity contribution in [3.8, 4) is 11.7 Å². The van der Waals surface area contributed by atoms with Crippen LogP contribution in [0.2, 0.25) is 0 Å². The third kappa shape index (κ3) is 2.42. The normalized spacial score (nSPS) is 16.8. The number of likely N-dealkylation sites (tertiary alicyclic amines) is 1. The minimum Gasteiger partial charge on any atom is -0.444 e. The summed E-state index contributed by atoms with van der Waals surface area (Å²) < 4.78 is 11.6. The Morgan fingerprint density at radius 2 is 2.00 bits per heavy atom. The lowest BCUT2D eigenvalue weighted by molar-refractivity contribution is 0.291. The fourth-order valence-corrected chi connectivity index (χ4v) is 2.28. The van der Waals surface area contributed by atoms with E-state index in [1.807, 2.05) is 0 Å². The Kier molecular flexibility index (Phi) is 2.98. The van der Waals surface area contributed by atoms with E-state index in [1.165, 1.54) is 12.8 Å². The molecule has 0 aliphatic carbocycles. The standard InChI is InChI=1S/C11H12BrN3O2/c12-9-4-3-8(16-9)11-14-13-10(17-11)7-15-5-1-2-6-15/h3-4H,1-2,5-7H2. The zero-order valence-corrected chi connectivity index (χ0v) is 10.8. The predicted molar refractivity (Wildman–Crippen MR) is 64.2 cm³/mol. The molecule has 2 aromatic heterocycles. The van der Waals surface area contributed by atoms with Crippen LogP contribution < -0.4 is 0 Å². The van der Waals surface area contributed by atoms with Crippen LogP contribution in [0.5, 0.6) is 0 Å². The highest BCUT2D eigenvalue weighted by Crippen LogP contribution is 2.24. The van der Waals surface area contributed by atoms with Crippen LogP contribution in [0.4, 0.5) is 0 Å². The topological polar surface area (TPSA) is 55.3 Å². The number of rotatable bonds is 3. The van der Waals surface area contributed by atoms with Gasteiger partial charge in [-0.15, -0.1) is 10.2 Å². The van der Waals surface area contributed by atoms with Crippen molar-refractivity contribution in [2.75, 3.05) is 13.1 Å². The first kappa shape index (κ1) is 11.0. The van der Waals surface area contributed by atoms with Crippen LogP contribution in [0, 0.1) is 0 Å². The highest BCUT2D eigenvalue weighted by molar-refractivity contribution is 9.10. The van der Waals surface area contributed by atoms with Crippen LogP contribution in [-0.2, 0) is 6.54 Å². The number of hydrogen-bond acceptors (Lipinski definition) is 5. The molecule has 0 amide bonds. The molecule has 1 aliphatic rings. The fraction of sp³-hybridized carbons (Fsp3) is 0.455. The van der Waals surface area contributed by atoms with Crippen molar-refractivity contribution in [3.05, 3.63) is 22.7 Å². The Bertz CT molecular complexity index is 502. The van der Waals surface area contributed by atoms with Crippen LogP contribution >= 0.6 is 15.9 Å². The van der Waals surface area contributed by atoms with Crippen LogP contribution in [0.3, 0.4) is 0 Å². The number of furan rings is 1. The monoisotopic (exact) mass is 297 g/mol. The van der Waals surface area contributed by atoms with Gasteiger partial charge in [-0.05, 0) is 54.0 Å². The molecule has 6 heteroatoms. The van der Waals surface area contributed by atoms with Gasteiger partial charge in [-0.1, -0.05) is 0 Å². The lowest BCUT2D eigenvalue weighted by Crippen LogP contribution is -2.18. The van der Waals surface area contributed by atoms with E-state index in [2.05, 4.69) is 31.0 Å². The summed E-state index contributed by atoms with van der Waals surface area (Å²) >= 11 is 3.24. The summed E-state index contributed by atoms with van der Waals surface area (Å²) in [6, 6.07) is 3.61. The molecule has 2 aromatic rings. The third-order valence-electron chi connectivity index (χ3n) is 2.81. The minimum atomic E-state index is 0.435. The van der Waals surface area contributed by atoms with E-state index < -0.39 is 0 Å². The van der Waals surface area contributed by atoms with Crippen molar-refractivity contribution in [2.24, 2.45) is 0 Å². The Morgan fingerprint density at radius 3 is 2.71 bits per heavy atom. The van der Waals surface area contributed by atoms with Crippen LogP contribution in [0.25, 0.3) is 11.7 Å². The van der Waals surface area contributed by atoms with Gasteiger partial charge in [0, 0.05) is 0 Å². The van der Waals surface area contributed by atoms with E-state index in [0.717, 1.165) is 19.6 Å². The van der Waals surface area contributed by atoms with Crippen molar-refractivity contribution in [3.63, 3.8) is 0 Å². The predicted octanol–water partition coefficient (Wildman–Crippen LogP) is 2.69. The number of hydrogen-bond donors (Lipinski definition) is 0. The summed E-state index contributed by atoms with van der Waals surface area (Å²) in [5, 5.41) is 8.02. The van der Waals surface area contributed by atoms with E-state index in [9.17, 15) is 0 Å². The van der Waals surface area contributed by atoms with Gasteiger partial charge in [0.15, 0.2) is 10.4 Å². The molecule has 0 unspecified atom stereocenters. The minimum absolute atomic E-state index is 0.435. The maximum Gasteiger partial charge on any atom is 0.283 e. The average molecular weight is 298 g/mol. The van der Waals surface area contributed by atoms with Gasteiger partial charge in [0.25, 0.3) is 5.89 Å².